The Morgan fingerprint density at radius 1 is 1.50 bits per heavy atom. The maximum absolute atomic E-state index is 3.63. The first-order chi connectivity index (χ1) is 8.77. The van der Waals surface area contributed by atoms with Gasteiger partial charge in [-0.1, -0.05) is 12.5 Å². The quantitative estimate of drug-likeness (QED) is 0.845. The van der Waals surface area contributed by atoms with Crippen LogP contribution in [-0.2, 0) is 0 Å². The number of nitrogens with one attached hydrogen (secondary N) is 1. The lowest BCUT2D eigenvalue weighted by Crippen LogP contribution is -2.34. The monoisotopic (exact) mass is 266 g/mol. The second kappa shape index (κ2) is 7.27. The fraction of sp³-hybridized carbons (Fsp3) is 0.733. The van der Waals surface area contributed by atoms with Crippen LogP contribution in [-0.4, -0.2) is 31.1 Å². The largest absolute Gasteiger partial charge is 0.314 e. The molecule has 0 spiro atoms. The van der Waals surface area contributed by atoms with E-state index in [9.17, 15) is 0 Å². The summed E-state index contributed by atoms with van der Waals surface area (Å²) >= 11 is 1.87. The normalized spacial score (nSPS) is 22.3. The van der Waals surface area contributed by atoms with Gasteiger partial charge in [0.25, 0.3) is 0 Å². The van der Waals surface area contributed by atoms with Crippen molar-refractivity contribution in [3.8, 4) is 0 Å². The van der Waals surface area contributed by atoms with Gasteiger partial charge in [-0.05, 0) is 64.2 Å². The van der Waals surface area contributed by atoms with Crippen LogP contribution in [0.4, 0.5) is 0 Å². The van der Waals surface area contributed by atoms with Gasteiger partial charge in [-0.2, -0.15) is 0 Å². The van der Waals surface area contributed by atoms with Crippen molar-refractivity contribution >= 4 is 11.3 Å². The SMILES string of the molecule is CC(c1cccs1)N(C)CCCC1CCCCN1. The van der Waals surface area contributed by atoms with E-state index >= 15 is 0 Å². The van der Waals surface area contributed by atoms with E-state index in [1.54, 1.807) is 0 Å². The van der Waals surface area contributed by atoms with E-state index in [4.69, 9.17) is 0 Å². The summed E-state index contributed by atoms with van der Waals surface area (Å²) in [5, 5.41) is 5.81. The highest BCUT2D eigenvalue weighted by atomic mass is 32.1. The fourth-order valence-corrected chi connectivity index (χ4v) is 3.55. The highest BCUT2D eigenvalue weighted by Gasteiger charge is 2.15. The molecule has 2 nitrogen and oxygen atoms in total. The van der Waals surface area contributed by atoms with Crippen LogP contribution in [0.25, 0.3) is 0 Å². The number of thiophene rings is 1. The number of nitrogens with zero attached hydrogens (tertiary/aromatic N) is 1. The number of piperidine rings is 1. The Kier molecular flexibility index (Phi) is 5.67. The minimum absolute atomic E-state index is 0.560. The molecule has 0 saturated carbocycles. The molecule has 1 aromatic rings. The first kappa shape index (κ1) is 14.0. The molecule has 102 valence electrons. The van der Waals surface area contributed by atoms with E-state index in [2.05, 4.69) is 41.7 Å². The molecule has 2 atom stereocenters. The average Bonchev–Trinajstić information content (AvgIpc) is 2.93. The molecule has 0 aromatic carbocycles. The molecule has 1 saturated heterocycles. The van der Waals surface area contributed by atoms with Crippen molar-refractivity contribution in [2.75, 3.05) is 20.1 Å². The average molecular weight is 266 g/mol. The van der Waals surface area contributed by atoms with Crippen molar-refractivity contribution in [3.63, 3.8) is 0 Å². The summed E-state index contributed by atoms with van der Waals surface area (Å²) in [4.78, 5) is 3.96. The van der Waals surface area contributed by atoms with Gasteiger partial charge in [0.15, 0.2) is 0 Å². The third-order valence-electron chi connectivity index (χ3n) is 4.09. The van der Waals surface area contributed by atoms with Crippen LogP contribution in [0.2, 0.25) is 0 Å². The Morgan fingerprint density at radius 3 is 3.06 bits per heavy atom. The van der Waals surface area contributed by atoms with Crippen LogP contribution in [0.5, 0.6) is 0 Å². The molecule has 0 aliphatic carbocycles. The summed E-state index contributed by atoms with van der Waals surface area (Å²) in [5.74, 6) is 0. The molecule has 2 unspecified atom stereocenters. The maximum atomic E-state index is 3.63. The minimum atomic E-state index is 0.560. The zero-order chi connectivity index (χ0) is 12.8. The van der Waals surface area contributed by atoms with E-state index in [0.717, 1.165) is 6.04 Å². The van der Waals surface area contributed by atoms with Crippen LogP contribution in [0.1, 0.15) is 49.9 Å². The Bertz CT molecular complexity index is 317. The Morgan fingerprint density at radius 2 is 2.39 bits per heavy atom. The Hall–Kier alpha value is -0.380. The highest BCUT2D eigenvalue weighted by molar-refractivity contribution is 7.10. The lowest BCUT2D eigenvalue weighted by Gasteiger charge is -2.27. The van der Waals surface area contributed by atoms with Crippen molar-refractivity contribution in [1.82, 2.24) is 10.2 Å². The third kappa shape index (κ3) is 4.08. The standard InChI is InChI=1S/C15H26N2S/c1-13(15-9-6-12-18-15)17(2)11-5-8-14-7-3-4-10-16-14/h6,9,12-14,16H,3-5,7-8,10-11H2,1-2H3. The summed E-state index contributed by atoms with van der Waals surface area (Å²) in [6.45, 7) is 4.74. The molecule has 1 aliphatic heterocycles. The molecular formula is C15H26N2S. The van der Waals surface area contributed by atoms with Gasteiger partial charge < -0.3 is 5.32 Å². The molecule has 18 heavy (non-hydrogen) atoms. The summed E-state index contributed by atoms with van der Waals surface area (Å²) in [7, 11) is 2.25. The maximum Gasteiger partial charge on any atom is 0.0410 e. The smallest absolute Gasteiger partial charge is 0.0410 e. The zero-order valence-electron chi connectivity index (χ0n) is 11.7. The molecule has 1 aromatic heterocycles. The van der Waals surface area contributed by atoms with Crippen molar-refractivity contribution < 1.29 is 0 Å². The van der Waals surface area contributed by atoms with Gasteiger partial charge in [0.2, 0.25) is 0 Å². The van der Waals surface area contributed by atoms with E-state index in [-0.39, 0.29) is 0 Å². The van der Waals surface area contributed by atoms with E-state index in [1.807, 2.05) is 11.3 Å². The van der Waals surface area contributed by atoms with Gasteiger partial charge in [-0.25, -0.2) is 0 Å². The summed E-state index contributed by atoms with van der Waals surface area (Å²) in [6, 6.07) is 5.73. The van der Waals surface area contributed by atoms with Crippen LogP contribution in [0.3, 0.4) is 0 Å². The van der Waals surface area contributed by atoms with Gasteiger partial charge in [0, 0.05) is 17.0 Å². The Labute approximate surface area is 115 Å². The molecule has 0 amide bonds. The summed E-state index contributed by atoms with van der Waals surface area (Å²) in [5.41, 5.74) is 0. The highest BCUT2D eigenvalue weighted by Crippen LogP contribution is 2.23. The number of rotatable bonds is 6. The van der Waals surface area contributed by atoms with Gasteiger partial charge in [0.05, 0.1) is 0 Å². The second-order valence-electron chi connectivity index (χ2n) is 5.46. The lowest BCUT2D eigenvalue weighted by molar-refractivity contribution is 0.250. The van der Waals surface area contributed by atoms with E-state index in [1.165, 1.54) is 50.1 Å². The second-order valence-corrected chi connectivity index (χ2v) is 6.44. The first-order valence-corrected chi connectivity index (χ1v) is 8.12. The summed E-state index contributed by atoms with van der Waals surface area (Å²) in [6.07, 6.45) is 6.81. The zero-order valence-corrected chi connectivity index (χ0v) is 12.5. The molecule has 2 heterocycles. The minimum Gasteiger partial charge on any atom is -0.314 e. The van der Waals surface area contributed by atoms with Gasteiger partial charge >= 0.3 is 0 Å². The van der Waals surface area contributed by atoms with Crippen LogP contribution in [0, 0.1) is 0 Å². The molecule has 0 radical (unpaired) electrons. The van der Waals surface area contributed by atoms with E-state index in [0.29, 0.717) is 6.04 Å². The van der Waals surface area contributed by atoms with Gasteiger partial charge in [-0.15, -0.1) is 11.3 Å². The van der Waals surface area contributed by atoms with Crippen LogP contribution in [0.15, 0.2) is 17.5 Å². The van der Waals surface area contributed by atoms with Crippen LogP contribution < -0.4 is 5.32 Å². The predicted octanol–water partition coefficient (Wildman–Crippen LogP) is 3.66. The summed E-state index contributed by atoms with van der Waals surface area (Å²) < 4.78 is 0. The van der Waals surface area contributed by atoms with Crippen LogP contribution >= 0.6 is 11.3 Å². The van der Waals surface area contributed by atoms with Crippen molar-refractivity contribution in [2.45, 2.75) is 51.1 Å². The molecular weight excluding hydrogens is 240 g/mol. The first-order valence-electron chi connectivity index (χ1n) is 7.24. The molecule has 1 N–H and O–H groups in total. The molecule has 1 aliphatic rings. The van der Waals surface area contributed by atoms with Gasteiger partial charge in [-0.3, -0.25) is 4.90 Å². The van der Waals surface area contributed by atoms with Crippen molar-refractivity contribution in [2.24, 2.45) is 0 Å². The van der Waals surface area contributed by atoms with Gasteiger partial charge in [0.1, 0.15) is 0 Å². The third-order valence-corrected chi connectivity index (χ3v) is 5.13. The van der Waals surface area contributed by atoms with E-state index < -0.39 is 0 Å². The Balaban J connectivity index is 1.66. The molecule has 2 rings (SSSR count). The topological polar surface area (TPSA) is 15.3 Å². The lowest BCUT2D eigenvalue weighted by atomic mass is 10.0. The number of hydrogen-bond acceptors (Lipinski definition) is 3. The molecule has 3 heteroatoms. The number of hydrogen-bond donors (Lipinski definition) is 1. The fourth-order valence-electron chi connectivity index (χ4n) is 2.70. The van der Waals surface area contributed by atoms with Crippen molar-refractivity contribution in [1.29, 1.82) is 0 Å². The van der Waals surface area contributed by atoms with Crippen molar-refractivity contribution in [3.05, 3.63) is 22.4 Å². The molecule has 0 bridgehead atoms. The predicted molar refractivity (Wildman–Crippen MR) is 80.2 cm³/mol. The molecule has 1 fully saturated rings.